The maximum atomic E-state index is 10.6. The molecule has 1 rings (SSSR count). The van der Waals surface area contributed by atoms with Crippen LogP contribution in [-0.2, 0) is 0 Å². The van der Waals surface area contributed by atoms with Gasteiger partial charge in [-0.15, -0.1) is 0 Å². The highest BCUT2D eigenvalue weighted by Crippen LogP contribution is 2.30. The summed E-state index contributed by atoms with van der Waals surface area (Å²) in [7, 11) is 0. The first-order valence-corrected chi connectivity index (χ1v) is 3.97. The van der Waals surface area contributed by atoms with Crippen molar-refractivity contribution >= 4 is 23.3 Å². The molecule has 0 unspecified atom stereocenters. The van der Waals surface area contributed by atoms with Crippen molar-refractivity contribution in [1.29, 1.82) is 5.26 Å². The van der Waals surface area contributed by atoms with Crippen molar-refractivity contribution in [3.05, 3.63) is 38.4 Å². The van der Waals surface area contributed by atoms with E-state index in [0.29, 0.717) is 0 Å². The predicted molar refractivity (Wildman–Crippen MR) is 49.8 cm³/mol. The van der Waals surface area contributed by atoms with Gasteiger partial charge in [0.25, 0.3) is 0 Å². The van der Waals surface area contributed by atoms with Crippen LogP contribution in [0.1, 0.15) is 15.9 Å². The van der Waals surface area contributed by atoms with Crippen molar-refractivity contribution < 1.29 is 14.8 Å². The third-order valence-corrected chi connectivity index (χ3v) is 1.96. The van der Waals surface area contributed by atoms with E-state index < -0.39 is 27.7 Å². The molecule has 7 heteroatoms. The zero-order valence-electron chi connectivity index (χ0n) is 7.10. The Balaban J connectivity index is 3.64. The highest BCUT2D eigenvalue weighted by Gasteiger charge is 2.25. The molecule has 0 bridgehead atoms. The third kappa shape index (κ3) is 1.87. The normalized spacial score (nSPS) is 9.33. The molecule has 76 valence electrons. The molecule has 0 heterocycles. The number of carboxylic acids is 1. The summed E-state index contributed by atoms with van der Waals surface area (Å²) in [5, 5.41) is 27.6. The van der Waals surface area contributed by atoms with E-state index >= 15 is 0 Å². The van der Waals surface area contributed by atoms with E-state index in [1.54, 1.807) is 0 Å². The van der Waals surface area contributed by atoms with E-state index in [0.717, 1.165) is 12.1 Å². The van der Waals surface area contributed by atoms with Gasteiger partial charge in [-0.2, -0.15) is 5.26 Å². The van der Waals surface area contributed by atoms with Crippen LogP contribution in [0.5, 0.6) is 0 Å². The molecule has 0 fully saturated rings. The number of nitrogens with zero attached hydrogens (tertiary/aromatic N) is 2. The number of carbonyl (C=O) groups is 1. The fourth-order valence-corrected chi connectivity index (χ4v) is 1.26. The Hall–Kier alpha value is -2.13. The van der Waals surface area contributed by atoms with Crippen LogP contribution in [0.2, 0.25) is 5.02 Å². The summed E-state index contributed by atoms with van der Waals surface area (Å²) in [5.74, 6) is -1.41. The van der Waals surface area contributed by atoms with Gasteiger partial charge >= 0.3 is 11.7 Å². The van der Waals surface area contributed by atoms with E-state index in [1.165, 1.54) is 6.07 Å². The Bertz CT molecular complexity index is 492. The molecule has 1 aromatic rings. The van der Waals surface area contributed by atoms with Gasteiger partial charge in [0.05, 0.1) is 10.5 Å². The maximum absolute atomic E-state index is 10.6. The number of nitro benzene ring substituents is 1. The van der Waals surface area contributed by atoms with Gasteiger partial charge in [0.2, 0.25) is 0 Å². The van der Waals surface area contributed by atoms with Gasteiger partial charge in [-0.1, -0.05) is 11.6 Å². The van der Waals surface area contributed by atoms with Crippen molar-refractivity contribution in [2.24, 2.45) is 0 Å². The number of nitriles is 1. The highest BCUT2D eigenvalue weighted by molar-refractivity contribution is 6.33. The molecule has 0 aromatic heterocycles. The maximum Gasteiger partial charge on any atom is 0.337 e. The zero-order valence-corrected chi connectivity index (χ0v) is 7.85. The Morgan fingerprint density at radius 1 is 1.60 bits per heavy atom. The van der Waals surface area contributed by atoms with Crippen molar-refractivity contribution in [2.45, 2.75) is 0 Å². The molecule has 0 aliphatic carbocycles. The Morgan fingerprint density at radius 3 is 2.60 bits per heavy atom. The average molecular weight is 227 g/mol. The molecule has 0 saturated heterocycles. The van der Waals surface area contributed by atoms with Crippen LogP contribution in [0.25, 0.3) is 0 Å². The number of aromatic carboxylic acids is 1. The van der Waals surface area contributed by atoms with Gasteiger partial charge in [-0.05, 0) is 12.1 Å². The molecule has 0 atom stereocenters. The van der Waals surface area contributed by atoms with Gasteiger partial charge < -0.3 is 5.11 Å². The second kappa shape index (κ2) is 3.94. The molecule has 1 aromatic carbocycles. The van der Waals surface area contributed by atoms with Crippen LogP contribution < -0.4 is 0 Å². The van der Waals surface area contributed by atoms with Crippen molar-refractivity contribution in [3.8, 4) is 6.07 Å². The van der Waals surface area contributed by atoms with Gasteiger partial charge in [0.15, 0.2) is 0 Å². The topological polar surface area (TPSA) is 104 Å². The van der Waals surface area contributed by atoms with Gasteiger partial charge in [0.1, 0.15) is 16.7 Å². The summed E-state index contributed by atoms with van der Waals surface area (Å²) in [6.07, 6.45) is 0. The standard InChI is InChI=1S/C8H3ClN2O4/c9-6-2-1-4(8(12)13)5(3-10)7(6)11(14)15/h1-2H,(H,12,13). The number of benzene rings is 1. The van der Waals surface area contributed by atoms with Crippen molar-refractivity contribution in [3.63, 3.8) is 0 Å². The lowest BCUT2D eigenvalue weighted by atomic mass is 10.1. The summed E-state index contributed by atoms with van der Waals surface area (Å²) < 4.78 is 0. The third-order valence-electron chi connectivity index (χ3n) is 1.65. The summed E-state index contributed by atoms with van der Waals surface area (Å²) in [6, 6.07) is 3.59. The predicted octanol–water partition coefficient (Wildman–Crippen LogP) is 1.82. The van der Waals surface area contributed by atoms with Crippen LogP contribution in [0.15, 0.2) is 12.1 Å². The molecule has 0 radical (unpaired) electrons. The van der Waals surface area contributed by atoms with Gasteiger partial charge in [0, 0.05) is 0 Å². The number of halogens is 1. The average Bonchev–Trinajstić information content (AvgIpc) is 2.15. The smallest absolute Gasteiger partial charge is 0.337 e. The number of hydrogen-bond donors (Lipinski definition) is 1. The lowest BCUT2D eigenvalue weighted by Crippen LogP contribution is -2.04. The minimum absolute atomic E-state index is 0.262. The first kappa shape index (κ1) is 10.9. The lowest BCUT2D eigenvalue weighted by Gasteiger charge is -2.00. The van der Waals surface area contributed by atoms with Crippen LogP contribution in [0, 0.1) is 21.4 Å². The van der Waals surface area contributed by atoms with E-state index in [-0.39, 0.29) is 5.02 Å². The molecular formula is C8H3ClN2O4. The Labute approximate surface area is 88.5 Å². The minimum Gasteiger partial charge on any atom is -0.478 e. The zero-order chi connectivity index (χ0) is 11.6. The lowest BCUT2D eigenvalue weighted by molar-refractivity contribution is -0.385. The van der Waals surface area contributed by atoms with Crippen LogP contribution in [0.4, 0.5) is 5.69 Å². The number of hydrogen-bond acceptors (Lipinski definition) is 4. The van der Waals surface area contributed by atoms with Crippen molar-refractivity contribution in [2.75, 3.05) is 0 Å². The van der Waals surface area contributed by atoms with E-state index in [4.69, 9.17) is 22.0 Å². The van der Waals surface area contributed by atoms with Gasteiger partial charge in [-0.25, -0.2) is 4.79 Å². The fourth-order valence-electron chi connectivity index (χ4n) is 1.04. The number of rotatable bonds is 2. The fraction of sp³-hybridized carbons (Fsp3) is 0. The first-order valence-electron chi connectivity index (χ1n) is 3.59. The second-order valence-electron chi connectivity index (χ2n) is 2.49. The molecule has 0 aliphatic rings. The molecule has 0 aliphatic heterocycles. The Morgan fingerprint density at radius 2 is 2.20 bits per heavy atom. The summed E-state index contributed by atoms with van der Waals surface area (Å²) in [4.78, 5) is 20.3. The molecule has 6 nitrogen and oxygen atoms in total. The van der Waals surface area contributed by atoms with E-state index in [1.807, 2.05) is 0 Å². The molecule has 0 spiro atoms. The van der Waals surface area contributed by atoms with Crippen LogP contribution in [0.3, 0.4) is 0 Å². The second-order valence-corrected chi connectivity index (χ2v) is 2.90. The number of carboxylic acid groups (broad SMARTS) is 1. The first-order chi connectivity index (χ1) is 6.99. The quantitative estimate of drug-likeness (QED) is 0.612. The van der Waals surface area contributed by atoms with Crippen LogP contribution in [-0.4, -0.2) is 16.0 Å². The van der Waals surface area contributed by atoms with Crippen LogP contribution >= 0.6 is 11.6 Å². The summed E-state index contributed by atoms with van der Waals surface area (Å²) in [6.45, 7) is 0. The largest absolute Gasteiger partial charge is 0.478 e. The monoisotopic (exact) mass is 226 g/mol. The SMILES string of the molecule is N#Cc1c(C(=O)O)ccc(Cl)c1[N+](=O)[O-]. The molecule has 0 saturated carbocycles. The minimum atomic E-state index is -1.41. The molecule has 15 heavy (non-hydrogen) atoms. The Kier molecular flexibility index (Phi) is 2.87. The number of nitro groups is 1. The van der Waals surface area contributed by atoms with Crippen molar-refractivity contribution in [1.82, 2.24) is 0 Å². The van der Waals surface area contributed by atoms with E-state index in [2.05, 4.69) is 0 Å². The summed E-state index contributed by atoms with van der Waals surface area (Å²) in [5.41, 5.74) is -1.66. The molecule has 1 N–H and O–H groups in total. The summed E-state index contributed by atoms with van der Waals surface area (Å²) >= 11 is 5.49. The van der Waals surface area contributed by atoms with E-state index in [9.17, 15) is 14.9 Å². The van der Waals surface area contributed by atoms with Gasteiger partial charge in [-0.3, -0.25) is 10.1 Å². The molecule has 0 amide bonds. The molecular weight excluding hydrogens is 224 g/mol. The highest BCUT2D eigenvalue weighted by atomic mass is 35.5.